The van der Waals surface area contributed by atoms with Crippen molar-refractivity contribution in [2.75, 3.05) is 0 Å². The zero-order valence-electron chi connectivity index (χ0n) is 5.38. The highest BCUT2D eigenvalue weighted by Gasteiger charge is 2.34. The molecule has 0 fully saturated rings. The molecule has 0 radical (unpaired) electrons. The second-order valence-corrected chi connectivity index (χ2v) is 2.80. The summed E-state index contributed by atoms with van der Waals surface area (Å²) in [5.41, 5.74) is 0. The molecule has 1 N–H and O–H groups in total. The minimum Gasteiger partial charge on any atom is -0.263 e. The highest BCUT2D eigenvalue weighted by molar-refractivity contribution is 7.80. The molecule has 0 saturated carbocycles. The summed E-state index contributed by atoms with van der Waals surface area (Å²) in [7, 11) is -5.17. The Morgan fingerprint density at radius 1 is 1.42 bits per heavy atom. The zero-order chi connectivity index (χ0) is 9.99. The molecule has 0 heterocycles. The Morgan fingerprint density at radius 3 is 2.08 bits per heavy atom. The van der Waals surface area contributed by atoms with Crippen LogP contribution in [-0.4, -0.2) is 25.5 Å². The lowest BCUT2D eigenvalue weighted by Crippen LogP contribution is -2.21. The first-order valence-corrected chi connectivity index (χ1v) is 3.83. The molecular formula is C3H4F4O4S. The second-order valence-electron chi connectivity index (χ2n) is 1.75. The molecule has 0 aliphatic rings. The molecule has 0 bridgehead atoms. The Bertz CT molecular complexity index is 231. The van der Waals surface area contributed by atoms with Crippen molar-refractivity contribution in [2.24, 2.45) is 0 Å². The summed E-state index contributed by atoms with van der Waals surface area (Å²) in [5.74, 6) is 0. The van der Waals surface area contributed by atoms with E-state index in [1.807, 2.05) is 0 Å². The number of rotatable bonds is 3. The highest BCUT2D eigenvalue weighted by Crippen LogP contribution is 2.23. The van der Waals surface area contributed by atoms with Crippen LogP contribution in [0.15, 0.2) is 0 Å². The van der Waals surface area contributed by atoms with Gasteiger partial charge in [0, 0.05) is 0 Å². The fraction of sp³-hybridized carbons (Fsp3) is 1.00. The molecule has 0 spiro atoms. The fourth-order valence-electron chi connectivity index (χ4n) is 0.348. The summed E-state index contributed by atoms with van der Waals surface area (Å²) in [5, 5.41) is 0. The molecule has 0 saturated heterocycles. The molecule has 0 aromatic carbocycles. The Balaban J connectivity index is 4.00. The third-order valence-electron chi connectivity index (χ3n) is 0.618. The van der Waals surface area contributed by atoms with Gasteiger partial charge in [-0.05, 0) is 0 Å². The standard InChI is InChI=1S/C3H4F4O4S/c4-2(1-3(5,6)7)11-12(8,9)10/h2H,1H2,(H,8,9,10). The largest absolute Gasteiger partial charge is 0.400 e. The van der Waals surface area contributed by atoms with E-state index in [0.29, 0.717) is 0 Å². The Labute approximate surface area is 65.1 Å². The molecular weight excluding hydrogens is 208 g/mol. The highest BCUT2D eigenvalue weighted by atomic mass is 32.3. The van der Waals surface area contributed by atoms with E-state index in [9.17, 15) is 26.0 Å². The third kappa shape index (κ3) is 7.69. The zero-order valence-corrected chi connectivity index (χ0v) is 6.19. The van der Waals surface area contributed by atoms with Crippen molar-refractivity contribution in [1.82, 2.24) is 0 Å². The Morgan fingerprint density at radius 2 is 1.83 bits per heavy atom. The van der Waals surface area contributed by atoms with E-state index in [2.05, 4.69) is 4.18 Å². The van der Waals surface area contributed by atoms with Crippen LogP contribution < -0.4 is 0 Å². The Hall–Kier alpha value is -0.410. The molecule has 0 aliphatic carbocycles. The van der Waals surface area contributed by atoms with E-state index in [4.69, 9.17) is 4.55 Å². The van der Waals surface area contributed by atoms with Crippen LogP contribution in [0, 0.1) is 0 Å². The predicted octanol–water partition coefficient (Wildman–Crippen LogP) is 1.05. The lowest BCUT2D eigenvalue weighted by atomic mass is 10.4. The lowest BCUT2D eigenvalue weighted by molar-refractivity contribution is -0.166. The molecule has 1 unspecified atom stereocenters. The van der Waals surface area contributed by atoms with Gasteiger partial charge in [-0.3, -0.25) is 4.55 Å². The second kappa shape index (κ2) is 3.54. The normalized spacial score (nSPS) is 16.1. The van der Waals surface area contributed by atoms with Gasteiger partial charge in [-0.2, -0.15) is 21.6 Å². The van der Waals surface area contributed by atoms with Crippen LogP contribution in [0.1, 0.15) is 6.42 Å². The molecule has 1 atom stereocenters. The van der Waals surface area contributed by atoms with Crippen molar-refractivity contribution in [3.8, 4) is 0 Å². The lowest BCUT2D eigenvalue weighted by Gasteiger charge is -2.08. The van der Waals surface area contributed by atoms with Crippen molar-refractivity contribution in [3.63, 3.8) is 0 Å². The quantitative estimate of drug-likeness (QED) is 0.561. The van der Waals surface area contributed by atoms with E-state index in [0.717, 1.165) is 0 Å². The first-order chi connectivity index (χ1) is 5.10. The van der Waals surface area contributed by atoms with Crippen LogP contribution in [0.3, 0.4) is 0 Å². The molecule has 0 rings (SSSR count). The van der Waals surface area contributed by atoms with Crippen molar-refractivity contribution in [2.45, 2.75) is 19.0 Å². The average Bonchev–Trinajstić information content (AvgIpc) is 1.49. The molecule has 74 valence electrons. The van der Waals surface area contributed by atoms with Crippen LogP contribution in [0.5, 0.6) is 0 Å². The van der Waals surface area contributed by atoms with Gasteiger partial charge in [0.25, 0.3) is 0 Å². The number of alkyl halides is 4. The van der Waals surface area contributed by atoms with Gasteiger partial charge in [0.2, 0.25) is 6.36 Å². The summed E-state index contributed by atoms with van der Waals surface area (Å²) >= 11 is 0. The summed E-state index contributed by atoms with van der Waals surface area (Å²) in [6.07, 6.45) is -10.1. The molecule has 9 heteroatoms. The number of hydrogen-bond donors (Lipinski definition) is 1. The summed E-state index contributed by atoms with van der Waals surface area (Å²) < 4.78 is 75.8. The van der Waals surface area contributed by atoms with Crippen LogP contribution in [0.25, 0.3) is 0 Å². The van der Waals surface area contributed by atoms with Gasteiger partial charge in [-0.1, -0.05) is 0 Å². The van der Waals surface area contributed by atoms with Gasteiger partial charge in [0.15, 0.2) is 0 Å². The van der Waals surface area contributed by atoms with Crippen LogP contribution in [0.4, 0.5) is 17.6 Å². The topological polar surface area (TPSA) is 63.6 Å². The number of halogens is 4. The maximum Gasteiger partial charge on any atom is 0.400 e. The molecule has 0 aromatic rings. The minimum atomic E-state index is -5.17. The maximum atomic E-state index is 11.9. The summed E-state index contributed by atoms with van der Waals surface area (Å²) in [6.45, 7) is 0. The van der Waals surface area contributed by atoms with E-state index >= 15 is 0 Å². The van der Waals surface area contributed by atoms with Crippen molar-refractivity contribution < 1.29 is 34.7 Å². The van der Waals surface area contributed by atoms with Gasteiger partial charge < -0.3 is 0 Å². The number of hydrogen-bond acceptors (Lipinski definition) is 3. The molecule has 0 aromatic heterocycles. The minimum absolute atomic E-state index is 2.09. The smallest absolute Gasteiger partial charge is 0.263 e. The molecule has 4 nitrogen and oxygen atoms in total. The van der Waals surface area contributed by atoms with Crippen LogP contribution in [-0.2, 0) is 14.6 Å². The first kappa shape index (κ1) is 11.6. The predicted molar refractivity (Wildman–Crippen MR) is 28.2 cm³/mol. The monoisotopic (exact) mass is 212 g/mol. The summed E-state index contributed by atoms with van der Waals surface area (Å²) in [4.78, 5) is 0. The van der Waals surface area contributed by atoms with Crippen LogP contribution in [0.2, 0.25) is 0 Å². The van der Waals surface area contributed by atoms with Gasteiger partial charge in [-0.15, -0.1) is 0 Å². The maximum absolute atomic E-state index is 11.9. The van der Waals surface area contributed by atoms with Crippen molar-refractivity contribution >= 4 is 10.4 Å². The molecule has 12 heavy (non-hydrogen) atoms. The van der Waals surface area contributed by atoms with E-state index in [-0.39, 0.29) is 0 Å². The van der Waals surface area contributed by atoms with E-state index in [1.165, 1.54) is 0 Å². The van der Waals surface area contributed by atoms with Gasteiger partial charge >= 0.3 is 16.6 Å². The Kier molecular flexibility index (Phi) is 3.42. The van der Waals surface area contributed by atoms with Crippen molar-refractivity contribution in [1.29, 1.82) is 0 Å². The van der Waals surface area contributed by atoms with E-state index in [1.54, 1.807) is 0 Å². The van der Waals surface area contributed by atoms with Crippen LogP contribution >= 0.6 is 0 Å². The SMILES string of the molecule is O=S(=O)(O)OC(F)CC(F)(F)F. The summed E-state index contributed by atoms with van der Waals surface area (Å²) in [6, 6.07) is 0. The van der Waals surface area contributed by atoms with E-state index < -0.39 is 29.4 Å². The molecule has 0 aliphatic heterocycles. The fourth-order valence-corrected chi connectivity index (χ4v) is 0.680. The third-order valence-corrected chi connectivity index (χ3v) is 1.07. The first-order valence-electron chi connectivity index (χ1n) is 2.47. The van der Waals surface area contributed by atoms with Crippen molar-refractivity contribution in [3.05, 3.63) is 0 Å². The van der Waals surface area contributed by atoms with Gasteiger partial charge in [0.05, 0.1) is 0 Å². The average molecular weight is 212 g/mol. The van der Waals surface area contributed by atoms with Gasteiger partial charge in [0.1, 0.15) is 6.42 Å². The van der Waals surface area contributed by atoms with Gasteiger partial charge in [-0.25, -0.2) is 8.57 Å². The molecule has 0 amide bonds.